The summed E-state index contributed by atoms with van der Waals surface area (Å²) in [6.07, 6.45) is 0. The SMILES string of the molecule is CN(C)c1n[nH]c(N(C)c2ccsc2)n1.CN(C)c1n[nH]c(Nc2ccsc2)n1.CN(C)c1nnc(Nc2ccsc2)n1C. The van der Waals surface area contributed by atoms with Gasteiger partial charge in [-0.3, -0.25) is 4.57 Å². The van der Waals surface area contributed by atoms with Crippen molar-refractivity contribution in [1.82, 2.24) is 45.1 Å². The van der Waals surface area contributed by atoms with Crippen molar-refractivity contribution < 1.29 is 0 Å². The molecule has 18 heteroatoms. The summed E-state index contributed by atoms with van der Waals surface area (Å²) < 4.78 is 1.91. The molecule has 0 aliphatic carbocycles. The zero-order valence-corrected chi connectivity index (χ0v) is 28.3. The van der Waals surface area contributed by atoms with Crippen LogP contribution in [0.3, 0.4) is 0 Å². The van der Waals surface area contributed by atoms with Gasteiger partial charge in [0.05, 0.1) is 17.1 Å². The Morgan fingerprint density at radius 1 is 0.682 bits per heavy atom. The van der Waals surface area contributed by atoms with Crippen molar-refractivity contribution in [3.8, 4) is 0 Å². The van der Waals surface area contributed by atoms with Crippen molar-refractivity contribution in [2.45, 2.75) is 0 Å². The number of anilines is 9. The third kappa shape index (κ3) is 8.68. The Morgan fingerprint density at radius 2 is 1.27 bits per heavy atom. The normalized spacial score (nSPS) is 10.3. The van der Waals surface area contributed by atoms with Crippen molar-refractivity contribution in [3.05, 3.63) is 50.5 Å². The van der Waals surface area contributed by atoms with Gasteiger partial charge in [0.2, 0.25) is 35.7 Å². The molecular formula is C26H37N15S3. The number of hydrogen-bond donors (Lipinski definition) is 4. The standard InChI is InChI=1S/2C9H13N5S.C8H11N5S/c1-13(2)8-10-9(12-11-8)14(3)7-4-5-15-6-7;1-13(2)9-12-11-8(14(9)3)10-7-4-5-15-6-7;1-13(2)8-10-7(11-12-8)9-6-3-4-14-5-6/h4-6H,1-3H3,(H,10,11,12);4-6H,1-3H3,(H,10,11);3-5H,1-2H3,(H2,9,10,11,12). The monoisotopic (exact) mass is 655 g/mol. The van der Waals surface area contributed by atoms with Crippen LogP contribution in [0, 0.1) is 0 Å². The van der Waals surface area contributed by atoms with Crippen molar-refractivity contribution >= 4 is 86.8 Å². The molecule has 0 amide bonds. The maximum Gasteiger partial charge on any atom is 0.245 e. The lowest BCUT2D eigenvalue weighted by atomic mass is 10.5. The van der Waals surface area contributed by atoms with Crippen molar-refractivity contribution in [2.24, 2.45) is 7.05 Å². The van der Waals surface area contributed by atoms with Gasteiger partial charge in [-0.05, 0) is 34.3 Å². The summed E-state index contributed by atoms with van der Waals surface area (Å²) in [5, 5.41) is 40.5. The third-order valence-corrected chi connectivity index (χ3v) is 7.80. The Labute approximate surface area is 268 Å². The first-order valence-corrected chi connectivity index (χ1v) is 16.1. The van der Waals surface area contributed by atoms with E-state index >= 15 is 0 Å². The Hall–Kier alpha value is -4.68. The number of nitrogens with zero attached hydrogens (tertiary/aromatic N) is 11. The summed E-state index contributed by atoms with van der Waals surface area (Å²) in [6.45, 7) is 0. The van der Waals surface area contributed by atoms with Crippen LogP contribution in [0.15, 0.2) is 50.5 Å². The van der Waals surface area contributed by atoms with Crippen LogP contribution in [-0.2, 0) is 7.05 Å². The molecule has 0 aromatic carbocycles. The summed E-state index contributed by atoms with van der Waals surface area (Å²) in [5.41, 5.74) is 3.18. The molecule has 0 aliphatic heterocycles. The Balaban J connectivity index is 0.000000151. The highest BCUT2D eigenvalue weighted by molar-refractivity contribution is 7.08. The lowest BCUT2D eigenvalue weighted by molar-refractivity contribution is 0.873. The molecule has 0 saturated carbocycles. The Kier molecular flexibility index (Phi) is 11.1. The number of rotatable bonds is 9. The smallest absolute Gasteiger partial charge is 0.245 e. The fraction of sp³-hybridized carbons (Fsp3) is 0.308. The molecule has 0 spiro atoms. The number of H-pyrrole nitrogens is 2. The van der Waals surface area contributed by atoms with Gasteiger partial charge in [-0.1, -0.05) is 0 Å². The first-order valence-electron chi connectivity index (χ1n) is 13.2. The minimum Gasteiger partial charge on any atom is -0.347 e. The van der Waals surface area contributed by atoms with E-state index in [4.69, 9.17) is 0 Å². The Morgan fingerprint density at radius 3 is 1.77 bits per heavy atom. The molecule has 15 nitrogen and oxygen atoms in total. The van der Waals surface area contributed by atoms with Gasteiger partial charge in [0.15, 0.2) is 0 Å². The molecule has 234 valence electrons. The van der Waals surface area contributed by atoms with Crippen LogP contribution in [0.2, 0.25) is 0 Å². The molecular weight excluding hydrogens is 619 g/mol. The summed E-state index contributed by atoms with van der Waals surface area (Å²) in [4.78, 5) is 16.2. The fourth-order valence-electron chi connectivity index (χ4n) is 3.43. The molecule has 6 rings (SSSR count). The number of nitrogens with one attached hydrogen (secondary N) is 4. The highest BCUT2D eigenvalue weighted by atomic mass is 32.1. The van der Waals surface area contributed by atoms with Gasteiger partial charge in [0.25, 0.3) is 0 Å². The van der Waals surface area contributed by atoms with Crippen LogP contribution in [0.5, 0.6) is 0 Å². The van der Waals surface area contributed by atoms with Gasteiger partial charge in [-0.2, -0.15) is 44.0 Å². The second kappa shape index (κ2) is 15.2. The predicted octanol–water partition coefficient (Wildman–Crippen LogP) is 5.06. The topological polar surface area (TPSA) is 151 Å². The molecule has 0 aliphatic rings. The number of hydrogen-bond acceptors (Lipinski definition) is 15. The van der Waals surface area contributed by atoms with Crippen molar-refractivity contribution in [3.63, 3.8) is 0 Å². The maximum absolute atomic E-state index is 4.36. The molecule has 0 atom stereocenters. The molecule has 6 aromatic rings. The van der Waals surface area contributed by atoms with Gasteiger partial charge >= 0.3 is 0 Å². The minimum absolute atomic E-state index is 0.659. The first kappa shape index (κ1) is 32.2. The average Bonchev–Trinajstić information content (AvgIpc) is 3.83. The lowest BCUT2D eigenvalue weighted by Crippen LogP contribution is -2.14. The summed E-state index contributed by atoms with van der Waals surface area (Å²) >= 11 is 4.95. The molecule has 0 unspecified atom stereocenters. The molecule has 0 bridgehead atoms. The average molecular weight is 656 g/mol. The van der Waals surface area contributed by atoms with E-state index in [1.54, 1.807) is 34.0 Å². The van der Waals surface area contributed by atoms with Gasteiger partial charge < -0.3 is 30.2 Å². The summed E-state index contributed by atoms with van der Waals surface area (Å²) in [7, 11) is 15.4. The van der Waals surface area contributed by atoms with Crippen LogP contribution in [0.1, 0.15) is 0 Å². The molecule has 6 aromatic heterocycles. The van der Waals surface area contributed by atoms with E-state index in [0.29, 0.717) is 17.8 Å². The Bertz CT molecular complexity index is 1630. The summed E-state index contributed by atoms with van der Waals surface area (Å²) in [6, 6.07) is 6.04. The summed E-state index contributed by atoms with van der Waals surface area (Å²) in [5.74, 6) is 4.34. The van der Waals surface area contributed by atoms with E-state index in [2.05, 4.69) is 56.6 Å². The van der Waals surface area contributed by atoms with Crippen LogP contribution in [-0.4, -0.2) is 94.5 Å². The van der Waals surface area contributed by atoms with Gasteiger partial charge in [0.1, 0.15) is 0 Å². The molecule has 0 radical (unpaired) electrons. The molecule has 44 heavy (non-hydrogen) atoms. The highest BCUT2D eigenvalue weighted by Crippen LogP contribution is 2.23. The predicted molar refractivity (Wildman–Crippen MR) is 184 cm³/mol. The fourth-order valence-corrected chi connectivity index (χ4v) is 5.28. The van der Waals surface area contributed by atoms with Gasteiger partial charge in [-0.25, -0.2) is 10.2 Å². The van der Waals surface area contributed by atoms with Crippen molar-refractivity contribution in [1.29, 1.82) is 0 Å². The largest absolute Gasteiger partial charge is 0.347 e. The van der Waals surface area contributed by atoms with Crippen LogP contribution >= 0.6 is 34.0 Å². The molecule has 6 heterocycles. The minimum atomic E-state index is 0.659. The number of aromatic nitrogens is 9. The first-order chi connectivity index (χ1) is 21.1. The number of aromatic amines is 2. The third-order valence-electron chi connectivity index (χ3n) is 5.76. The zero-order valence-electron chi connectivity index (χ0n) is 25.8. The van der Waals surface area contributed by atoms with Gasteiger partial charge in [0, 0.05) is 72.5 Å². The van der Waals surface area contributed by atoms with E-state index in [0.717, 1.165) is 34.9 Å². The highest BCUT2D eigenvalue weighted by Gasteiger charge is 2.11. The second-order valence-corrected chi connectivity index (χ2v) is 12.2. The van der Waals surface area contributed by atoms with E-state index in [1.165, 1.54) is 0 Å². The van der Waals surface area contributed by atoms with E-state index in [1.807, 2.05) is 126 Å². The molecule has 0 saturated heterocycles. The zero-order chi connectivity index (χ0) is 31.6. The van der Waals surface area contributed by atoms with Gasteiger partial charge in [-0.15, -0.1) is 20.4 Å². The molecule has 4 N–H and O–H groups in total. The molecule has 0 fully saturated rings. The van der Waals surface area contributed by atoms with Crippen LogP contribution in [0.4, 0.5) is 52.8 Å². The van der Waals surface area contributed by atoms with E-state index < -0.39 is 0 Å². The lowest BCUT2D eigenvalue weighted by Gasteiger charge is -2.12. The number of thiophene rings is 3. The van der Waals surface area contributed by atoms with E-state index in [-0.39, 0.29) is 0 Å². The van der Waals surface area contributed by atoms with Crippen LogP contribution < -0.4 is 30.2 Å². The second-order valence-electron chi connectivity index (χ2n) is 9.82. The van der Waals surface area contributed by atoms with E-state index in [9.17, 15) is 0 Å². The van der Waals surface area contributed by atoms with Crippen LogP contribution in [0.25, 0.3) is 0 Å². The maximum atomic E-state index is 4.36. The van der Waals surface area contributed by atoms with Crippen molar-refractivity contribution in [2.75, 3.05) is 79.6 Å². The quantitative estimate of drug-likeness (QED) is 0.165.